The Morgan fingerprint density at radius 3 is 2.08 bits per heavy atom. The molecular weight excluding hydrogens is 322 g/mol. The summed E-state index contributed by atoms with van der Waals surface area (Å²) in [6.45, 7) is 12.3. The molecule has 1 amide bonds. The van der Waals surface area contributed by atoms with Crippen molar-refractivity contribution in [3.8, 4) is 0 Å². The lowest BCUT2D eigenvalue weighted by molar-refractivity contribution is -1.02. The zero-order valence-corrected chi connectivity index (χ0v) is 16.2. The maximum atomic E-state index is 12.5. The molecule has 2 aromatic carbocycles. The maximum Gasteiger partial charge on any atom is 0.279 e. The number of hydrogen-bond acceptors (Lipinski definition) is 1. The van der Waals surface area contributed by atoms with E-state index in [4.69, 9.17) is 0 Å². The number of para-hydroxylation sites is 1. The summed E-state index contributed by atoms with van der Waals surface area (Å²) in [7, 11) is 0. The molecule has 3 rings (SSSR count). The van der Waals surface area contributed by atoms with Crippen molar-refractivity contribution in [2.75, 3.05) is 38.0 Å². The zero-order chi connectivity index (χ0) is 18.5. The Balaban J connectivity index is 1.48. The molecule has 0 atom stereocenters. The van der Waals surface area contributed by atoms with Crippen LogP contribution in [0.15, 0.2) is 42.5 Å². The van der Waals surface area contributed by atoms with E-state index < -0.39 is 0 Å². The fourth-order valence-electron chi connectivity index (χ4n) is 3.81. The van der Waals surface area contributed by atoms with Gasteiger partial charge in [0, 0.05) is 11.3 Å². The van der Waals surface area contributed by atoms with Crippen molar-refractivity contribution in [1.82, 2.24) is 0 Å². The number of amides is 1. The van der Waals surface area contributed by atoms with Crippen molar-refractivity contribution in [3.05, 3.63) is 64.7 Å². The Labute approximate surface area is 156 Å². The van der Waals surface area contributed by atoms with Crippen molar-refractivity contribution in [2.24, 2.45) is 0 Å². The molecule has 1 heterocycles. The van der Waals surface area contributed by atoms with E-state index in [1.807, 2.05) is 32.0 Å². The van der Waals surface area contributed by atoms with E-state index in [2.05, 4.69) is 36.5 Å². The first-order valence-corrected chi connectivity index (χ1v) is 9.60. The highest BCUT2D eigenvalue weighted by atomic mass is 16.2. The first kappa shape index (κ1) is 18.6. The minimum Gasteiger partial charge on any atom is -0.322 e. The van der Waals surface area contributed by atoms with Crippen LogP contribution in [0.25, 0.3) is 0 Å². The Kier molecular flexibility index (Phi) is 6.07. The second-order valence-electron chi connectivity index (χ2n) is 7.60. The fraction of sp³-hybridized carbons (Fsp3) is 0.409. The van der Waals surface area contributed by atoms with Crippen LogP contribution in [0.4, 0.5) is 5.69 Å². The molecule has 0 unspecified atom stereocenters. The van der Waals surface area contributed by atoms with Crippen LogP contribution in [-0.2, 0) is 11.3 Å². The number of anilines is 1. The van der Waals surface area contributed by atoms with Gasteiger partial charge in [-0.25, -0.2) is 0 Å². The van der Waals surface area contributed by atoms with E-state index in [1.54, 1.807) is 4.90 Å². The number of benzene rings is 2. The lowest BCUT2D eigenvalue weighted by Gasteiger charge is -2.29. The van der Waals surface area contributed by atoms with Gasteiger partial charge in [0.25, 0.3) is 5.91 Å². The van der Waals surface area contributed by atoms with Gasteiger partial charge in [-0.15, -0.1) is 0 Å². The number of carbonyl (C=O) groups is 1. The van der Waals surface area contributed by atoms with E-state index in [0.29, 0.717) is 6.54 Å². The van der Waals surface area contributed by atoms with Crippen LogP contribution in [0.1, 0.15) is 22.3 Å². The molecule has 0 spiro atoms. The van der Waals surface area contributed by atoms with Crippen molar-refractivity contribution in [1.29, 1.82) is 0 Å². The van der Waals surface area contributed by atoms with E-state index in [1.165, 1.54) is 16.0 Å². The molecule has 26 heavy (non-hydrogen) atoms. The highest BCUT2D eigenvalue weighted by Gasteiger charge is 2.25. The van der Waals surface area contributed by atoms with Crippen LogP contribution < -0.4 is 15.1 Å². The standard InChI is InChI=1S/C22H29N3O/c1-17-7-4-5-10-20(17)15-24-11-13-25(14-12-24)16-21(26)23-22-18(2)8-6-9-19(22)3/h4-10H,11-16H2,1-3H3,(H,23,26)/p+2. The largest absolute Gasteiger partial charge is 0.322 e. The summed E-state index contributed by atoms with van der Waals surface area (Å²) < 4.78 is 0. The smallest absolute Gasteiger partial charge is 0.279 e. The first-order chi connectivity index (χ1) is 12.5. The van der Waals surface area contributed by atoms with Gasteiger partial charge >= 0.3 is 0 Å². The SMILES string of the molecule is Cc1ccccc1C[NH+]1CC[NH+](CC(=O)Nc2c(C)cccc2C)CC1. The molecule has 1 fully saturated rings. The molecule has 1 aliphatic heterocycles. The summed E-state index contributed by atoms with van der Waals surface area (Å²) in [5.41, 5.74) is 6.05. The third kappa shape index (κ3) is 4.71. The maximum absolute atomic E-state index is 12.5. The Morgan fingerprint density at radius 1 is 0.846 bits per heavy atom. The number of aryl methyl sites for hydroxylation is 3. The number of carbonyl (C=O) groups excluding carboxylic acids is 1. The van der Waals surface area contributed by atoms with Crippen molar-refractivity contribution in [3.63, 3.8) is 0 Å². The molecule has 0 aliphatic carbocycles. The molecule has 4 nitrogen and oxygen atoms in total. The Bertz CT molecular complexity index is 743. The van der Waals surface area contributed by atoms with Gasteiger partial charge in [-0.2, -0.15) is 0 Å². The van der Waals surface area contributed by atoms with E-state index in [9.17, 15) is 4.79 Å². The number of rotatable bonds is 5. The Hall–Kier alpha value is -2.17. The predicted molar refractivity (Wildman–Crippen MR) is 106 cm³/mol. The molecule has 138 valence electrons. The van der Waals surface area contributed by atoms with Crippen molar-refractivity contribution >= 4 is 11.6 Å². The highest BCUT2D eigenvalue weighted by molar-refractivity contribution is 5.93. The van der Waals surface area contributed by atoms with Gasteiger partial charge in [-0.1, -0.05) is 42.5 Å². The first-order valence-electron chi connectivity index (χ1n) is 9.60. The minimum atomic E-state index is 0.125. The molecule has 2 aromatic rings. The Morgan fingerprint density at radius 2 is 1.42 bits per heavy atom. The highest BCUT2D eigenvalue weighted by Crippen LogP contribution is 2.18. The lowest BCUT2D eigenvalue weighted by Crippen LogP contribution is -3.28. The normalized spacial score (nSPS) is 20.0. The van der Waals surface area contributed by atoms with Gasteiger partial charge in [0.05, 0.1) is 0 Å². The molecule has 4 heteroatoms. The average Bonchev–Trinajstić information content (AvgIpc) is 2.62. The number of nitrogens with one attached hydrogen (secondary N) is 3. The summed E-state index contributed by atoms with van der Waals surface area (Å²) >= 11 is 0. The molecule has 0 saturated carbocycles. The molecule has 3 N–H and O–H groups in total. The molecular formula is C22H31N3O+2. The summed E-state index contributed by atoms with van der Waals surface area (Å²) in [5.74, 6) is 0.125. The van der Waals surface area contributed by atoms with Gasteiger partial charge in [-0.05, 0) is 37.5 Å². The second-order valence-corrected chi connectivity index (χ2v) is 7.60. The molecule has 1 aliphatic rings. The van der Waals surface area contributed by atoms with Crippen LogP contribution in [-0.4, -0.2) is 38.6 Å². The van der Waals surface area contributed by atoms with Crippen LogP contribution in [0.5, 0.6) is 0 Å². The number of piperazine rings is 1. The van der Waals surface area contributed by atoms with Crippen LogP contribution in [0, 0.1) is 20.8 Å². The fourth-order valence-corrected chi connectivity index (χ4v) is 3.81. The minimum absolute atomic E-state index is 0.125. The van der Waals surface area contributed by atoms with Gasteiger partial charge < -0.3 is 15.1 Å². The third-order valence-electron chi connectivity index (χ3n) is 5.52. The van der Waals surface area contributed by atoms with Crippen molar-refractivity contribution in [2.45, 2.75) is 27.3 Å². The van der Waals surface area contributed by atoms with E-state index in [-0.39, 0.29) is 5.91 Å². The third-order valence-corrected chi connectivity index (χ3v) is 5.52. The molecule has 1 saturated heterocycles. The van der Waals surface area contributed by atoms with Crippen molar-refractivity contribution < 1.29 is 14.6 Å². The van der Waals surface area contributed by atoms with E-state index >= 15 is 0 Å². The quantitative estimate of drug-likeness (QED) is 0.721. The number of hydrogen-bond donors (Lipinski definition) is 3. The van der Waals surface area contributed by atoms with Gasteiger partial charge in [-0.3, -0.25) is 4.79 Å². The molecule has 0 radical (unpaired) electrons. The summed E-state index contributed by atoms with van der Waals surface area (Å²) in [5, 5.41) is 3.12. The predicted octanol–water partition coefficient (Wildman–Crippen LogP) is 0.534. The molecule has 0 aromatic heterocycles. The van der Waals surface area contributed by atoms with Crippen LogP contribution in [0.3, 0.4) is 0 Å². The van der Waals surface area contributed by atoms with Gasteiger partial charge in [0.2, 0.25) is 0 Å². The summed E-state index contributed by atoms with van der Waals surface area (Å²) in [6, 6.07) is 14.8. The lowest BCUT2D eigenvalue weighted by atomic mass is 10.1. The average molecular weight is 354 g/mol. The summed E-state index contributed by atoms with van der Waals surface area (Å²) in [4.78, 5) is 15.5. The number of quaternary nitrogens is 2. The van der Waals surface area contributed by atoms with Crippen LogP contribution >= 0.6 is 0 Å². The topological polar surface area (TPSA) is 38.0 Å². The zero-order valence-electron chi connectivity index (χ0n) is 16.2. The van der Waals surface area contributed by atoms with Crippen LogP contribution in [0.2, 0.25) is 0 Å². The van der Waals surface area contributed by atoms with Gasteiger partial charge in [0.1, 0.15) is 32.7 Å². The van der Waals surface area contributed by atoms with Gasteiger partial charge in [0.15, 0.2) is 6.54 Å². The van der Waals surface area contributed by atoms with E-state index in [0.717, 1.165) is 49.5 Å². The molecule has 0 bridgehead atoms. The second kappa shape index (κ2) is 8.47. The summed E-state index contributed by atoms with van der Waals surface area (Å²) in [6.07, 6.45) is 0. The monoisotopic (exact) mass is 353 g/mol.